The lowest BCUT2D eigenvalue weighted by molar-refractivity contribution is -0.143. The minimum Gasteiger partial charge on any atom is -0.466 e. The largest absolute Gasteiger partial charge is 0.466 e. The summed E-state index contributed by atoms with van der Waals surface area (Å²) in [4.78, 5) is 22.8. The fourth-order valence-corrected chi connectivity index (χ4v) is 2.27. The van der Waals surface area contributed by atoms with Crippen molar-refractivity contribution >= 4 is 18.0 Å². The summed E-state index contributed by atoms with van der Waals surface area (Å²) in [6, 6.07) is 3.86. The summed E-state index contributed by atoms with van der Waals surface area (Å²) in [5, 5.41) is 2.72. The molecule has 1 aromatic rings. The van der Waals surface area contributed by atoms with E-state index < -0.39 is 0 Å². The lowest BCUT2D eigenvalue weighted by Gasteiger charge is -2.02. The van der Waals surface area contributed by atoms with Gasteiger partial charge in [0.1, 0.15) is 11.5 Å². The Bertz CT molecular complexity index is 547. The van der Waals surface area contributed by atoms with Gasteiger partial charge in [-0.1, -0.05) is 6.92 Å². The normalized spacial score (nSPS) is 20.1. The molecule has 1 fully saturated rings. The predicted molar refractivity (Wildman–Crippen MR) is 83.1 cm³/mol. The summed E-state index contributed by atoms with van der Waals surface area (Å²) in [6.45, 7) is 4.81. The van der Waals surface area contributed by atoms with Crippen molar-refractivity contribution in [1.82, 2.24) is 5.32 Å². The van der Waals surface area contributed by atoms with E-state index in [2.05, 4.69) is 12.2 Å². The number of amides is 1. The van der Waals surface area contributed by atoms with Crippen molar-refractivity contribution in [2.24, 2.45) is 5.92 Å². The lowest BCUT2D eigenvalue weighted by Crippen LogP contribution is -2.22. The molecule has 1 saturated carbocycles. The standard InChI is InChI=1S/C17H23NO4/c1-3-21-17(20)5-4-10-18-16(19)9-7-13-6-8-15(22-13)14-11-12(14)2/h6-9,12,14H,3-5,10-11H2,1-2H3,(H,18,19)/b9-7+. The van der Waals surface area contributed by atoms with Gasteiger partial charge in [-0.25, -0.2) is 0 Å². The molecule has 0 bridgehead atoms. The SMILES string of the molecule is CCOC(=O)CCCNC(=O)/C=C/c1ccc(C2CC2C)o1. The average Bonchev–Trinajstić information content (AvgIpc) is 3.03. The van der Waals surface area contributed by atoms with Crippen LogP contribution < -0.4 is 5.32 Å². The number of furan rings is 1. The monoisotopic (exact) mass is 305 g/mol. The van der Waals surface area contributed by atoms with Crippen LogP contribution >= 0.6 is 0 Å². The molecular weight excluding hydrogens is 282 g/mol. The Labute approximate surface area is 130 Å². The van der Waals surface area contributed by atoms with E-state index >= 15 is 0 Å². The van der Waals surface area contributed by atoms with Crippen LogP contribution in [0.4, 0.5) is 0 Å². The third kappa shape index (κ3) is 5.06. The van der Waals surface area contributed by atoms with Crippen LogP contribution in [0.5, 0.6) is 0 Å². The molecule has 1 aliphatic rings. The first-order valence-electron chi connectivity index (χ1n) is 7.81. The second-order valence-electron chi connectivity index (χ2n) is 5.59. The quantitative estimate of drug-likeness (QED) is 0.455. The molecule has 1 N–H and O–H groups in total. The van der Waals surface area contributed by atoms with E-state index in [1.165, 1.54) is 12.5 Å². The summed E-state index contributed by atoms with van der Waals surface area (Å²) in [5.41, 5.74) is 0. The van der Waals surface area contributed by atoms with Gasteiger partial charge in [0.2, 0.25) is 5.91 Å². The first-order valence-corrected chi connectivity index (χ1v) is 7.81. The summed E-state index contributed by atoms with van der Waals surface area (Å²) in [5.74, 6) is 2.51. The number of carbonyl (C=O) groups excluding carboxylic acids is 2. The molecule has 0 saturated heterocycles. The van der Waals surface area contributed by atoms with Crippen LogP contribution in [-0.4, -0.2) is 25.0 Å². The zero-order valence-electron chi connectivity index (χ0n) is 13.1. The van der Waals surface area contributed by atoms with Gasteiger partial charge in [-0.3, -0.25) is 9.59 Å². The second kappa shape index (κ2) is 7.82. The molecule has 0 aliphatic heterocycles. The molecule has 5 nitrogen and oxygen atoms in total. The van der Waals surface area contributed by atoms with E-state index in [1.54, 1.807) is 13.0 Å². The minimum absolute atomic E-state index is 0.193. The number of carbonyl (C=O) groups is 2. The Hall–Kier alpha value is -2.04. The van der Waals surface area contributed by atoms with E-state index in [0.29, 0.717) is 43.6 Å². The number of ether oxygens (including phenoxy) is 1. The Morgan fingerprint density at radius 1 is 1.45 bits per heavy atom. The third-order valence-electron chi connectivity index (χ3n) is 3.68. The van der Waals surface area contributed by atoms with E-state index in [-0.39, 0.29) is 11.9 Å². The van der Waals surface area contributed by atoms with Crippen LogP contribution in [0.15, 0.2) is 22.6 Å². The second-order valence-corrected chi connectivity index (χ2v) is 5.59. The van der Waals surface area contributed by atoms with Gasteiger partial charge in [0.15, 0.2) is 0 Å². The van der Waals surface area contributed by atoms with Crippen LogP contribution in [0, 0.1) is 5.92 Å². The van der Waals surface area contributed by atoms with E-state index in [1.807, 2.05) is 12.1 Å². The molecule has 1 heterocycles. The van der Waals surface area contributed by atoms with E-state index in [0.717, 1.165) is 5.76 Å². The van der Waals surface area contributed by atoms with E-state index in [4.69, 9.17) is 9.15 Å². The van der Waals surface area contributed by atoms with Gasteiger partial charge in [-0.05, 0) is 43.9 Å². The summed E-state index contributed by atoms with van der Waals surface area (Å²) in [7, 11) is 0. The molecular formula is C17H23NO4. The molecule has 2 rings (SSSR count). The third-order valence-corrected chi connectivity index (χ3v) is 3.68. The first kappa shape index (κ1) is 16.3. The maximum atomic E-state index is 11.6. The van der Waals surface area contributed by atoms with Crippen LogP contribution in [-0.2, 0) is 14.3 Å². The Kier molecular flexibility index (Phi) is 5.81. The Morgan fingerprint density at radius 3 is 2.91 bits per heavy atom. The Morgan fingerprint density at radius 2 is 2.23 bits per heavy atom. The molecule has 22 heavy (non-hydrogen) atoms. The highest BCUT2D eigenvalue weighted by molar-refractivity contribution is 5.91. The highest BCUT2D eigenvalue weighted by Gasteiger charge is 2.36. The van der Waals surface area contributed by atoms with Crippen LogP contribution in [0.3, 0.4) is 0 Å². The van der Waals surface area contributed by atoms with Gasteiger partial charge in [0, 0.05) is 25.0 Å². The molecule has 5 heteroatoms. The number of rotatable bonds is 8. The first-order chi connectivity index (χ1) is 10.6. The van der Waals surface area contributed by atoms with Gasteiger partial charge in [0.25, 0.3) is 0 Å². The molecule has 0 radical (unpaired) electrons. The van der Waals surface area contributed by atoms with Crippen molar-refractivity contribution in [3.8, 4) is 0 Å². The van der Waals surface area contributed by atoms with Gasteiger partial charge in [0.05, 0.1) is 6.61 Å². The van der Waals surface area contributed by atoms with Crippen LogP contribution in [0.2, 0.25) is 0 Å². The maximum Gasteiger partial charge on any atom is 0.305 e. The van der Waals surface area contributed by atoms with E-state index in [9.17, 15) is 9.59 Å². The van der Waals surface area contributed by atoms with Crippen molar-refractivity contribution in [3.63, 3.8) is 0 Å². The molecule has 0 spiro atoms. The predicted octanol–water partition coefficient (Wildman–Crippen LogP) is 2.88. The van der Waals surface area contributed by atoms with Gasteiger partial charge in [-0.2, -0.15) is 0 Å². The zero-order chi connectivity index (χ0) is 15.9. The average molecular weight is 305 g/mol. The van der Waals surface area contributed by atoms with Crippen molar-refractivity contribution < 1.29 is 18.7 Å². The fourth-order valence-electron chi connectivity index (χ4n) is 2.27. The number of esters is 1. The molecule has 1 aromatic heterocycles. The lowest BCUT2D eigenvalue weighted by atomic mass is 10.3. The molecule has 2 unspecified atom stereocenters. The minimum atomic E-state index is -0.232. The van der Waals surface area contributed by atoms with Crippen molar-refractivity contribution in [2.45, 2.75) is 39.0 Å². The number of hydrogen-bond acceptors (Lipinski definition) is 4. The summed E-state index contributed by atoms with van der Waals surface area (Å²) < 4.78 is 10.5. The fraction of sp³-hybridized carbons (Fsp3) is 0.529. The van der Waals surface area contributed by atoms with Crippen molar-refractivity contribution in [2.75, 3.05) is 13.2 Å². The van der Waals surface area contributed by atoms with Gasteiger partial charge >= 0.3 is 5.97 Å². The van der Waals surface area contributed by atoms with Gasteiger partial charge < -0.3 is 14.5 Å². The number of hydrogen-bond donors (Lipinski definition) is 1. The van der Waals surface area contributed by atoms with Crippen LogP contribution in [0.1, 0.15) is 50.5 Å². The zero-order valence-corrected chi connectivity index (χ0v) is 13.1. The molecule has 1 aliphatic carbocycles. The molecule has 1 amide bonds. The highest BCUT2D eigenvalue weighted by atomic mass is 16.5. The summed E-state index contributed by atoms with van der Waals surface area (Å²) in [6.07, 6.45) is 5.18. The Balaban J connectivity index is 1.66. The highest BCUT2D eigenvalue weighted by Crippen LogP contribution is 2.47. The topological polar surface area (TPSA) is 68.5 Å². The molecule has 2 atom stereocenters. The van der Waals surface area contributed by atoms with Crippen molar-refractivity contribution in [1.29, 1.82) is 0 Å². The smallest absolute Gasteiger partial charge is 0.305 e. The molecule has 0 aromatic carbocycles. The molecule has 120 valence electrons. The maximum absolute atomic E-state index is 11.6. The number of nitrogens with one attached hydrogen (secondary N) is 1. The van der Waals surface area contributed by atoms with Gasteiger partial charge in [-0.15, -0.1) is 0 Å². The summed E-state index contributed by atoms with van der Waals surface area (Å²) >= 11 is 0. The van der Waals surface area contributed by atoms with Crippen LogP contribution in [0.25, 0.3) is 6.08 Å². The van der Waals surface area contributed by atoms with Crippen molar-refractivity contribution in [3.05, 3.63) is 29.7 Å².